The number of methoxy groups -OCH3 is 1. The van der Waals surface area contributed by atoms with Crippen molar-refractivity contribution < 1.29 is 9.47 Å². The number of rotatable bonds is 4. The van der Waals surface area contributed by atoms with E-state index in [1.165, 1.54) is 18.4 Å². The lowest BCUT2D eigenvalue weighted by Crippen LogP contribution is -2.50. The minimum absolute atomic E-state index is 0.00127. The van der Waals surface area contributed by atoms with Crippen molar-refractivity contribution in [2.45, 2.75) is 50.2 Å². The highest BCUT2D eigenvalue weighted by atomic mass is 16.5. The SMILES string of the molecule is CNC(C1=COCCC1)C1(OC)CCCC1. The molecular weight excluding hydrogens is 202 g/mol. The Morgan fingerprint density at radius 3 is 2.62 bits per heavy atom. The predicted octanol–water partition coefficient (Wildman–Crippen LogP) is 2.23. The van der Waals surface area contributed by atoms with E-state index in [0.29, 0.717) is 6.04 Å². The summed E-state index contributed by atoms with van der Waals surface area (Å²) in [5.74, 6) is 0. The van der Waals surface area contributed by atoms with Gasteiger partial charge in [-0.3, -0.25) is 0 Å². The Morgan fingerprint density at radius 1 is 1.38 bits per heavy atom. The fourth-order valence-electron chi connectivity index (χ4n) is 3.17. The summed E-state index contributed by atoms with van der Waals surface area (Å²) in [4.78, 5) is 0. The van der Waals surface area contributed by atoms with Gasteiger partial charge in [0.2, 0.25) is 0 Å². The molecule has 0 aromatic carbocycles. The van der Waals surface area contributed by atoms with E-state index in [-0.39, 0.29) is 5.60 Å². The molecule has 0 spiro atoms. The third-order valence-electron chi connectivity index (χ3n) is 4.00. The Balaban J connectivity index is 2.16. The zero-order valence-electron chi connectivity index (χ0n) is 10.4. The van der Waals surface area contributed by atoms with Crippen LogP contribution in [-0.2, 0) is 9.47 Å². The minimum Gasteiger partial charge on any atom is -0.501 e. The first-order valence-electron chi connectivity index (χ1n) is 6.35. The summed E-state index contributed by atoms with van der Waals surface area (Å²) in [6.45, 7) is 0.861. The number of hydrogen-bond donors (Lipinski definition) is 1. The van der Waals surface area contributed by atoms with Crippen LogP contribution in [-0.4, -0.2) is 32.4 Å². The van der Waals surface area contributed by atoms with Gasteiger partial charge in [0.25, 0.3) is 0 Å². The van der Waals surface area contributed by atoms with E-state index < -0.39 is 0 Å². The van der Waals surface area contributed by atoms with Crippen LogP contribution >= 0.6 is 0 Å². The van der Waals surface area contributed by atoms with Gasteiger partial charge in [-0.2, -0.15) is 0 Å². The smallest absolute Gasteiger partial charge is 0.0876 e. The van der Waals surface area contributed by atoms with Gasteiger partial charge in [-0.15, -0.1) is 0 Å². The zero-order valence-corrected chi connectivity index (χ0v) is 10.4. The molecule has 1 atom stereocenters. The van der Waals surface area contributed by atoms with Crippen molar-refractivity contribution in [1.82, 2.24) is 5.32 Å². The molecule has 1 aliphatic carbocycles. The van der Waals surface area contributed by atoms with E-state index in [1.807, 2.05) is 20.4 Å². The summed E-state index contributed by atoms with van der Waals surface area (Å²) in [6.07, 6.45) is 9.09. The van der Waals surface area contributed by atoms with Crippen LogP contribution in [0.4, 0.5) is 0 Å². The number of hydrogen-bond acceptors (Lipinski definition) is 3. The molecule has 1 fully saturated rings. The van der Waals surface area contributed by atoms with E-state index in [2.05, 4.69) is 5.32 Å². The van der Waals surface area contributed by atoms with Gasteiger partial charge in [0.1, 0.15) is 0 Å². The first kappa shape index (κ1) is 11.9. The summed E-state index contributed by atoms with van der Waals surface area (Å²) in [7, 11) is 3.87. The van der Waals surface area contributed by atoms with Crippen molar-refractivity contribution in [2.24, 2.45) is 0 Å². The van der Waals surface area contributed by atoms with Crippen LogP contribution in [0, 0.1) is 0 Å². The maximum absolute atomic E-state index is 5.85. The first-order valence-corrected chi connectivity index (χ1v) is 6.35. The van der Waals surface area contributed by atoms with Gasteiger partial charge in [0, 0.05) is 7.11 Å². The van der Waals surface area contributed by atoms with Crippen molar-refractivity contribution in [3.63, 3.8) is 0 Å². The van der Waals surface area contributed by atoms with Crippen LogP contribution in [0.15, 0.2) is 11.8 Å². The summed E-state index contributed by atoms with van der Waals surface area (Å²) in [5.41, 5.74) is 1.37. The molecular formula is C13H23NO2. The molecule has 0 radical (unpaired) electrons. The molecule has 0 aromatic heterocycles. The van der Waals surface area contributed by atoms with Crippen molar-refractivity contribution in [2.75, 3.05) is 20.8 Å². The van der Waals surface area contributed by atoms with Gasteiger partial charge >= 0.3 is 0 Å². The largest absolute Gasteiger partial charge is 0.501 e. The summed E-state index contributed by atoms with van der Waals surface area (Å²) < 4.78 is 11.3. The molecule has 1 saturated carbocycles. The van der Waals surface area contributed by atoms with Gasteiger partial charge in [-0.05, 0) is 38.3 Å². The second-order valence-corrected chi connectivity index (χ2v) is 4.86. The summed E-state index contributed by atoms with van der Waals surface area (Å²) in [5, 5.41) is 3.43. The molecule has 92 valence electrons. The highest BCUT2D eigenvalue weighted by Gasteiger charge is 2.42. The fraction of sp³-hybridized carbons (Fsp3) is 0.846. The number of likely N-dealkylation sites (N-methyl/N-ethyl adjacent to an activating group) is 1. The fourth-order valence-corrected chi connectivity index (χ4v) is 3.17. The van der Waals surface area contributed by atoms with Crippen LogP contribution in [0.1, 0.15) is 38.5 Å². The van der Waals surface area contributed by atoms with E-state index in [9.17, 15) is 0 Å². The summed E-state index contributed by atoms with van der Waals surface area (Å²) in [6, 6.07) is 0.320. The zero-order chi connectivity index (χ0) is 11.4. The van der Waals surface area contributed by atoms with Crippen LogP contribution in [0.25, 0.3) is 0 Å². The highest BCUT2D eigenvalue weighted by molar-refractivity contribution is 5.18. The molecule has 2 aliphatic rings. The molecule has 3 nitrogen and oxygen atoms in total. The maximum atomic E-state index is 5.85. The molecule has 0 saturated heterocycles. The second kappa shape index (κ2) is 5.19. The Morgan fingerprint density at radius 2 is 2.12 bits per heavy atom. The Bertz CT molecular complexity index is 257. The Hall–Kier alpha value is -0.540. The van der Waals surface area contributed by atoms with Crippen LogP contribution in [0.5, 0.6) is 0 Å². The second-order valence-electron chi connectivity index (χ2n) is 4.86. The van der Waals surface area contributed by atoms with Crippen LogP contribution < -0.4 is 5.32 Å². The Labute approximate surface area is 98.2 Å². The highest BCUT2D eigenvalue weighted by Crippen LogP contribution is 2.39. The molecule has 1 unspecified atom stereocenters. The standard InChI is InChI=1S/C13H23NO2/c1-14-12(11-6-5-9-16-10-11)13(15-2)7-3-4-8-13/h10,12,14H,3-9H2,1-2H3. The summed E-state index contributed by atoms with van der Waals surface area (Å²) >= 11 is 0. The molecule has 16 heavy (non-hydrogen) atoms. The number of ether oxygens (including phenoxy) is 2. The molecule has 0 amide bonds. The molecule has 2 rings (SSSR count). The van der Waals surface area contributed by atoms with E-state index in [0.717, 1.165) is 32.3 Å². The van der Waals surface area contributed by atoms with Crippen LogP contribution in [0.3, 0.4) is 0 Å². The van der Waals surface area contributed by atoms with Gasteiger partial charge in [0.05, 0.1) is 24.5 Å². The van der Waals surface area contributed by atoms with Gasteiger partial charge < -0.3 is 14.8 Å². The maximum Gasteiger partial charge on any atom is 0.0876 e. The monoisotopic (exact) mass is 225 g/mol. The average Bonchev–Trinajstić information content (AvgIpc) is 2.81. The van der Waals surface area contributed by atoms with Crippen molar-refractivity contribution in [3.05, 3.63) is 11.8 Å². The van der Waals surface area contributed by atoms with Crippen molar-refractivity contribution in [1.29, 1.82) is 0 Å². The molecule has 1 heterocycles. The lowest BCUT2D eigenvalue weighted by Gasteiger charge is -2.38. The predicted molar refractivity (Wildman–Crippen MR) is 64.3 cm³/mol. The van der Waals surface area contributed by atoms with Crippen LogP contribution in [0.2, 0.25) is 0 Å². The lowest BCUT2D eigenvalue weighted by atomic mass is 9.85. The van der Waals surface area contributed by atoms with E-state index in [4.69, 9.17) is 9.47 Å². The number of nitrogens with one attached hydrogen (secondary N) is 1. The molecule has 0 bridgehead atoms. The van der Waals surface area contributed by atoms with E-state index in [1.54, 1.807) is 0 Å². The van der Waals surface area contributed by atoms with Crippen molar-refractivity contribution >= 4 is 0 Å². The molecule has 0 aromatic rings. The first-order chi connectivity index (χ1) is 7.82. The molecule has 3 heteroatoms. The van der Waals surface area contributed by atoms with E-state index >= 15 is 0 Å². The van der Waals surface area contributed by atoms with Crippen molar-refractivity contribution in [3.8, 4) is 0 Å². The topological polar surface area (TPSA) is 30.5 Å². The molecule has 1 aliphatic heterocycles. The van der Waals surface area contributed by atoms with Gasteiger partial charge in [-0.1, -0.05) is 12.8 Å². The normalized spacial score (nSPS) is 26.0. The lowest BCUT2D eigenvalue weighted by molar-refractivity contribution is -0.0267. The average molecular weight is 225 g/mol. The minimum atomic E-state index is 0.00127. The van der Waals surface area contributed by atoms with Gasteiger partial charge in [0.15, 0.2) is 0 Å². The third kappa shape index (κ3) is 2.11. The van der Waals surface area contributed by atoms with Gasteiger partial charge in [-0.25, -0.2) is 0 Å². The Kier molecular flexibility index (Phi) is 3.87. The third-order valence-corrected chi connectivity index (χ3v) is 4.00. The molecule has 1 N–H and O–H groups in total. The quantitative estimate of drug-likeness (QED) is 0.796.